The van der Waals surface area contributed by atoms with Gasteiger partial charge in [-0.05, 0) is 37.6 Å². The quantitative estimate of drug-likeness (QED) is 0.827. The Balaban J connectivity index is 1.58. The van der Waals surface area contributed by atoms with Gasteiger partial charge in [0, 0.05) is 34.7 Å². The number of rotatable bonds is 5. The number of thioether (sulfide) groups is 1. The Morgan fingerprint density at radius 2 is 2.12 bits per heavy atom. The number of aryl methyl sites for hydroxylation is 1. The monoisotopic (exact) mass is 362 g/mol. The number of likely N-dealkylation sites (tertiary alicyclic amines) is 1. The number of thiazole rings is 1. The molecule has 1 fully saturated rings. The molecule has 0 bridgehead atoms. The van der Waals surface area contributed by atoms with Crippen molar-refractivity contribution in [3.05, 3.63) is 45.9 Å². The number of aromatic nitrogens is 1. The fourth-order valence-corrected chi connectivity index (χ4v) is 4.16. The fourth-order valence-electron chi connectivity index (χ4n) is 2.65. The van der Waals surface area contributed by atoms with Crippen molar-refractivity contribution in [1.29, 1.82) is 0 Å². The highest BCUT2D eigenvalue weighted by atomic mass is 32.2. The SMILES string of the molecule is Cc1nc(CSc2ccc(C(=O)N3CCC(C(=O)O)C3)cc2)cs1. The molecule has 1 aliphatic heterocycles. The summed E-state index contributed by atoms with van der Waals surface area (Å²) in [4.78, 5) is 30.6. The number of carbonyl (C=O) groups is 2. The number of hydrogen-bond donors (Lipinski definition) is 1. The van der Waals surface area contributed by atoms with Crippen molar-refractivity contribution in [1.82, 2.24) is 9.88 Å². The Kier molecular flexibility index (Phi) is 5.20. The van der Waals surface area contributed by atoms with Crippen LogP contribution < -0.4 is 0 Å². The first-order valence-corrected chi connectivity index (χ1v) is 9.55. The summed E-state index contributed by atoms with van der Waals surface area (Å²) in [6.07, 6.45) is 0.530. The molecule has 5 nitrogen and oxygen atoms in total. The number of benzene rings is 1. The van der Waals surface area contributed by atoms with Crippen LogP contribution in [0.3, 0.4) is 0 Å². The summed E-state index contributed by atoms with van der Waals surface area (Å²) in [5.74, 6) is -0.547. The first kappa shape index (κ1) is 17.0. The third-order valence-electron chi connectivity index (χ3n) is 3.98. The molecule has 1 unspecified atom stereocenters. The van der Waals surface area contributed by atoms with E-state index in [1.54, 1.807) is 28.0 Å². The molecule has 126 valence electrons. The molecule has 1 aromatic heterocycles. The van der Waals surface area contributed by atoms with E-state index in [2.05, 4.69) is 10.4 Å². The van der Waals surface area contributed by atoms with Crippen molar-refractivity contribution >= 4 is 35.0 Å². The summed E-state index contributed by atoms with van der Waals surface area (Å²) in [7, 11) is 0. The molecule has 0 radical (unpaired) electrons. The number of aliphatic carboxylic acids is 1. The summed E-state index contributed by atoms with van der Waals surface area (Å²) < 4.78 is 0. The van der Waals surface area contributed by atoms with Gasteiger partial charge < -0.3 is 10.0 Å². The van der Waals surface area contributed by atoms with E-state index < -0.39 is 11.9 Å². The van der Waals surface area contributed by atoms with Crippen LogP contribution in [0.15, 0.2) is 34.5 Å². The molecule has 7 heteroatoms. The molecule has 1 aliphatic rings. The highest BCUT2D eigenvalue weighted by Gasteiger charge is 2.31. The van der Waals surface area contributed by atoms with Crippen molar-refractivity contribution in [2.75, 3.05) is 13.1 Å². The van der Waals surface area contributed by atoms with E-state index in [9.17, 15) is 9.59 Å². The molecule has 1 amide bonds. The normalized spacial score (nSPS) is 17.2. The van der Waals surface area contributed by atoms with E-state index in [0.29, 0.717) is 25.1 Å². The Morgan fingerprint density at radius 3 is 2.71 bits per heavy atom. The van der Waals surface area contributed by atoms with E-state index >= 15 is 0 Å². The molecule has 1 saturated heterocycles. The lowest BCUT2D eigenvalue weighted by atomic mass is 10.1. The number of carboxylic acid groups (broad SMARTS) is 1. The largest absolute Gasteiger partial charge is 0.481 e. The number of nitrogens with zero attached hydrogens (tertiary/aromatic N) is 2. The second-order valence-electron chi connectivity index (χ2n) is 5.75. The lowest BCUT2D eigenvalue weighted by Crippen LogP contribution is -2.29. The van der Waals surface area contributed by atoms with Crippen LogP contribution in [0.5, 0.6) is 0 Å². The van der Waals surface area contributed by atoms with Crippen LogP contribution in [-0.2, 0) is 10.5 Å². The first-order valence-electron chi connectivity index (χ1n) is 7.69. The van der Waals surface area contributed by atoms with Crippen LogP contribution in [0, 0.1) is 12.8 Å². The molecule has 0 saturated carbocycles. The molecule has 0 spiro atoms. The molecule has 3 rings (SSSR count). The zero-order chi connectivity index (χ0) is 17.1. The van der Waals surface area contributed by atoms with Crippen LogP contribution in [0.1, 0.15) is 27.5 Å². The average molecular weight is 362 g/mol. The van der Waals surface area contributed by atoms with Gasteiger partial charge in [0.2, 0.25) is 0 Å². The predicted molar refractivity (Wildman–Crippen MR) is 94.5 cm³/mol. The molecule has 0 aliphatic carbocycles. The van der Waals surface area contributed by atoms with Crippen molar-refractivity contribution in [3.63, 3.8) is 0 Å². The summed E-state index contributed by atoms with van der Waals surface area (Å²) in [6.45, 7) is 2.80. The van der Waals surface area contributed by atoms with E-state index in [1.165, 1.54) is 0 Å². The van der Waals surface area contributed by atoms with Gasteiger partial charge in [-0.1, -0.05) is 0 Å². The predicted octanol–water partition coefficient (Wildman–Crippen LogP) is 3.29. The minimum atomic E-state index is -0.825. The standard InChI is InChI=1S/C17H18N2O3S2/c1-11-18-14(9-23-11)10-24-15-4-2-12(3-5-15)16(20)19-7-6-13(8-19)17(21)22/h2-5,9,13H,6-8,10H2,1H3,(H,21,22). The van der Waals surface area contributed by atoms with Gasteiger partial charge in [-0.3, -0.25) is 9.59 Å². The van der Waals surface area contributed by atoms with Crippen molar-refractivity contribution in [3.8, 4) is 0 Å². The second kappa shape index (κ2) is 7.36. The molecule has 2 heterocycles. The molecular formula is C17H18N2O3S2. The van der Waals surface area contributed by atoms with Crippen LogP contribution >= 0.6 is 23.1 Å². The van der Waals surface area contributed by atoms with E-state index in [-0.39, 0.29) is 5.91 Å². The second-order valence-corrected chi connectivity index (χ2v) is 7.86. The van der Waals surface area contributed by atoms with Crippen LogP contribution in [0.25, 0.3) is 0 Å². The molecule has 24 heavy (non-hydrogen) atoms. The number of amides is 1. The first-order chi connectivity index (χ1) is 11.5. The highest BCUT2D eigenvalue weighted by Crippen LogP contribution is 2.25. The van der Waals surface area contributed by atoms with E-state index in [4.69, 9.17) is 5.11 Å². The Labute approximate surface area is 148 Å². The Morgan fingerprint density at radius 1 is 1.38 bits per heavy atom. The summed E-state index contributed by atoms with van der Waals surface area (Å²) in [6, 6.07) is 7.49. The average Bonchev–Trinajstić information content (AvgIpc) is 3.22. The van der Waals surface area contributed by atoms with Crippen molar-refractivity contribution in [2.45, 2.75) is 24.0 Å². The minimum Gasteiger partial charge on any atom is -0.481 e. The van der Waals surface area contributed by atoms with Crippen molar-refractivity contribution < 1.29 is 14.7 Å². The van der Waals surface area contributed by atoms with Gasteiger partial charge in [0.05, 0.1) is 16.6 Å². The molecule has 1 atom stereocenters. The molecule has 1 N–H and O–H groups in total. The number of carbonyl (C=O) groups excluding carboxylic acids is 1. The van der Waals surface area contributed by atoms with Gasteiger partial charge in [-0.2, -0.15) is 0 Å². The van der Waals surface area contributed by atoms with Gasteiger partial charge in [-0.15, -0.1) is 23.1 Å². The summed E-state index contributed by atoms with van der Waals surface area (Å²) >= 11 is 3.33. The van der Waals surface area contributed by atoms with Gasteiger partial charge in [0.25, 0.3) is 5.91 Å². The third-order valence-corrected chi connectivity index (χ3v) is 5.85. The Bertz CT molecular complexity index is 743. The molecular weight excluding hydrogens is 344 g/mol. The lowest BCUT2D eigenvalue weighted by molar-refractivity contribution is -0.141. The molecule has 1 aromatic carbocycles. The van der Waals surface area contributed by atoms with Crippen LogP contribution in [0.4, 0.5) is 0 Å². The van der Waals surface area contributed by atoms with E-state index in [0.717, 1.165) is 21.3 Å². The lowest BCUT2D eigenvalue weighted by Gasteiger charge is -2.16. The summed E-state index contributed by atoms with van der Waals surface area (Å²) in [5.41, 5.74) is 1.68. The third kappa shape index (κ3) is 3.96. The number of hydrogen-bond acceptors (Lipinski definition) is 5. The Hall–Kier alpha value is -1.86. The van der Waals surface area contributed by atoms with Gasteiger partial charge in [0.1, 0.15) is 0 Å². The van der Waals surface area contributed by atoms with Gasteiger partial charge >= 0.3 is 5.97 Å². The topological polar surface area (TPSA) is 70.5 Å². The van der Waals surface area contributed by atoms with Gasteiger partial charge in [-0.25, -0.2) is 4.98 Å². The minimum absolute atomic E-state index is 0.0922. The maximum absolute atomic E-state index is 12.4. The van der Waals surface area contributed by atoms with E-state index in [1.807, 2.05) is 31.2 Å². The van der Waals surface area contributed by atoms with Gasteiger partial charge in [0.15, 0.2) is 0 Å². The maximum Gasteiger partial charge on any atom is 0.308 e. The zero-order valence-corrected chi connectivity index (χ0v) is 14.9. The van der Waals surface area contributed by atoms with Crippen LogP contribution in [0.2, 0.25) is 0 Å². The zero-order valence-electron chi connectivity index (χ0n) is 13.3. The fraction of sp³-hybridized carbons (Fsp3) is 0.353. The highest BCUT2D eigenvalue weighted by molar-refractivity contribution is 7.98. The van der Waals surface area contributed by atoms with Crippen molar-refractivity contribution in [2.24, 2.45) is 5.92 Å². The summed E-state index contributed by atoms with van der Waals surface area (Å²) in [5, 5.41) is 12.2. The maximum atomic E-state index is 12.4. The smallest absolute Gasteiger partial charge is 0.308 e. The van der Waals surface area contributed by atoms with Crippen LogP contribution in [-0.4, -0.2) is 40.0 Å². The molecule has 2 aromatic rings. The number of carboxylic acids is 1.